The van der Waals surface area contributed by atoms with Crippen molar-refractivity contribution >= 4 is 0 Å². The van der Waals surface area contributed by atoms with Gasteiger partial charge in [-0.2, -0.15) is 0 Å². The Morgan fingerprint density at radius 2 is 1.78 bits per heavy atom. The van der Waals surface area contributed by atoms with Crippen molar-refractivity contribution in [1.82, 2.24) is 0 Å². The fourth-order valence-electron chi connectivity index (χ4n) is 2.46. The van der Waals surface area contributed by atoms with Crippen molar-refractivity contribution in [3.05, 3.63) is 35.4 Å². The number of rotatable bonds is 2. The molecule has 0 saturated carbocycles. The minimum Gasteiger partial charge on any atom is -0.386 e. The molecule has 1 saturated heterocycles. The molecule has 0 amide bonds. The molecule has 1 aromatic carbocycles. The van der Waals surface area contributed by atoms with Crippen LogP contribution < -0.4 is 0 Å². The van der Waals surface area contributed by atoms with E-state index in [1.807, 2.05) is 12.1 Å². The molecule has 3 unspecified atom stereocenters. The highest BCUT2D eigenvalue weighted by atomic mass is 16.5. The fraction of sp³-hybridized carbons (Fsp3) is 0.625. The van der Waals surface area contributed by atoms with Crippen LogP contribution in [0.5, 0.6) is 0 Å². The first kappa shape index (κ1) is 13.6. The van der Waals surface area contributed by atoms with E-state index >= 15 is 0 Å². The molecule has 0 bridgehead atoms. The lowest BCUT2D eigenvalue weighted by atomic mass is 9.86. The predicted octanol–water partition coefficient (Wildman–Crippen LogP) is 3.59. The van der Waals surface area contributed by atoms with Gasteiger partial charge in [-0.1, -0.05) is 45.0 Å². The molecule has 1 aromatic rings. The molecule has 1 aliphatic rings. The monoisotopic (exact) mass is 248 g/mol. The summed E-state index contributed by atoms with van der Waals surface area (Å²) < 4.78 is 5.72. The summed E-state index contributed by atoms with van der Waals surface area (Å²) in [5.74, 6) is 0. The molecular formula is C16H24O2. The van der Waals surface area contributed by atoms with E-state index in [2.05, 4.69) is 39.8 Å². The van der Waals surface area contributed by atoms with Crippen LogP contribution in [0, 0.1) is 0 Å². The smallest absolute Gasteiger partial charge is 0.105 e. The van der Waals surface area contributed by atoms with Crippen LogP contribution in [0.15, 0.2) is 24.3 Å². The van der Waals surface area contributed by atoms with E-state index in [0.29, 0.717) is 0 Å². The Kier molecular flexibility index (Phi) is 3.79. The minimum atomic E-state index is -0.496. The SMILES string of the molecule is CC1CCC(C(O)c2ccc(C(C)(C)C)cc2)O1. The topological polar surface area (TPSA) is 29.5 Å². The summed E-state index contributed by atoms with van der Waals surface area (Å²) in [5.41, 5.74) is 2.41. The van der Waals surface area contributed by atoms with Crippen molar-refractivity contribution in [2.45, 2.75) is 64.3 Å². The second-order valence-corrected chi connectivity index (χ2v) is 6.38. The van der Waals surface area contributed by atoms with Crippen molar-refractivity contribution in [2.75, 3.05) is 0 Å². The van der Waals surface area contributed by atoms with Gasteiger partial charge in [0.1, 0.15) is 6.10 Å². The number of ether oxygens (including phenoxy) is 1. The quantitative estimate of drug-likeness (QED) is 0.866. The van der Waals surface area contributed by atoms with Crippen LogP contribution in [0.2, 0.25) is 0 Å². The lowest BCUT2D eigenvalue weighted by Crippen LogP contribution is -2.19. The molecule has 1 fully saturated rings. The van der Waals surface area contributed by atoms with Gasteiger partial charge in [0.15, 0.2) is 0 Å². The maximum Gasteiger partial charge on any atom is 0.105 e. The lowest BCUT2D eigenvalue weighted by Gasteiger charge is -2.22. The predicted molar refractivity (Wildman–Crippen MR) is 73.7 cm³/mol. The number of aliphatic hydroxyl groups excluding tert-OH is 1. The molecule has 2 rings (SSSR count). The molecule has 2 nitrogen and oxygen atoms in total. The summed E-state index contributed by atoms with van der Waals surface area (Å²) in [7, 11) is 0. The van der Waals surface area contributed by atoms with Crippen LogP contribution in [0.1, 0.15) is 57.8 Å². The first-order chi connectivity index (χ1) is 8.38. The Morgan fingerprint density at radius 3 is 2.22 bits per heavy atom. The highest BCUT2D eigenvalue weighted by molar-refractivity contribution is 5.29. The van der Waals surface area contributed by atoms with E-state index in [1.165, 1.54) is 5.56 Å². The van der Waals surface area contributed by atoms with Crippen LogP contribution in [0.4, 0.5) is 0 Å². The molecule has 0 aliphatic carbocycles. The molecule has 0 aromatic heterocycles. The summed E-state index contributed by atoms with van der Waals surface area (Å²) in [6, 6.07) is 8.27. The molecule has 100 valence electrons. The van der Waals surface area contributed by atoms with Crippen LogP contribution in [-0.2, 0) is 10.2 Å². The molecule has 0 spiro atoms. The zero-order valence-electron chi connectivity index (χ0n) is 11.8. The Hall–Kier alpha value is -0.860. The Balaban J connectivity index is 2.10. The molecule has 18 heavy (non-hydrogen) atoms. The van der Waals surface area contributed by atoms with E-state index in [-0.39, 0.29) is 17.6 Å². The number of hydrogen-bond donors (Lipinski definition) is 1. The highest BCUT2D eigenvalue weighted by Gasteiger charge is 2.29. The van der Waals surface area contributed by atoms with Crippen LogP contribution in [0.3, 0.4) is 0 Å². The third-order valence-electron chi connectivity index (χ3n) is 3.74. The summed E-state index contributed by atoms with van der Waals surface area (Å²) >= 11 is 0. The Bertz CT molecular complexity index is 389. The van der Waals surface area contributed by atoms with Gasteiger partial charge in [-0.05, 0) is 36.3 Å². The average molecular weight is 248 g/mol. The molecule has 0 radical (unpaired) electrons. The van der Waals surface area contributed by atoms with Gasteiger partial charge in [-0.25, -0.2) is 0 Å². The van der Waals surface area contributed by atoms with Crippen LogP contribution >= 0.6 is 0 Å². The van der Waals surface area contributed by atoms with Crippen LogP contribution in [0.25, 0.3) is 0 Å². The Morgan fingerprint density at radius 1 is 1.17 bits per heavy atom. The van der Waals surface area contributed by atoms with Crippen molar-refractivity contribution < 1.29 is 9.84 Å². The highest BCUT2D eigenvalue weighted by Crippen LogP contribution is 2.31. The molecule has 1 N–H and O–H groups in total. The molecule has 3 atom stereocenters. The number of hydrogen-bond acceptors (Lipinski definition) is 2. The second-order valence-electron chi connectivity index (χ2n) is 6.38. The summed E-state index contributed by atoms with van der Waals surface area (Å²) in [6.07, 6.45) is 1.73. The van der Waals surface area contributed by atoms with Gasteiger partial charge in [0.2, 0.25) is 0 Å². The second kappa shape index (κ2) is 5.02. The number of aliphatic hydroxyl groups is 1. The maximum atomic E-state index is 10.3. The van der Waals surface area contributed by atoms with Gasteiger partial charge in [0.25, 0.3) is 0 Å². The minimum absolute atomic E-state index is 0.0412. The van der Waals surface area contributed by atoms with E-state index in [9.17, 15) is 5.11 Å². The van der Waals surface area contributed by atoms with E-state index in [4.69, 9.17) is 4.74 Å². The molecular weight excluding hydrogens is 224 g/mol. The van der Waals surface area contributed by atoms with Crippen molar-refractivity contribution in [3.8, 4) is 0 Å². The standard InChI is InChI=1S/C16H24O2/c1-11-5-10-14(18-11)15(17)12-6-8-13(9-7-12)16(2,3)4/h6-9,11,14-15,17H,5,10H2,1-4H3. The van der Waals surface area contributed by atoms with E-state index in [0.717, 1.165) is 18.4 Å². The van der Waals surface area contributed by atoms with Crippen molar-refractivity contribution in [1.29, 1.82) is 0 Å². The lowest BCUT2D eigenvalue weighted by molar-refractivity contribution is -0.0297. The first-order valence-corrected chi connectivity index (χ1v) is 6.82. The first-order valence-electron chi connectivity index (χ1n) is 6.82. The largest absolute Gasteiger partial charge is 0.386 e. The van der Waals surface area contributed by atoms with Crippen LogP contribution in [-0.4, -0.2) is 17.3 Å². The molecule has 2 heteroatoms. The number of benzene rings is 1. The molecule has 1 heterocycles. The third kappa shape index (κ3) is 2.93. The third-order valence-corrected chi connectivity index (χ3v) is 3.74. The van der Waals surface area contributed by atoms with Gasteiger partial charge in [-0.15, -0.1) is 0 Å². The van der Waals surface area contributed by atoms with Gasteiger partial charge in [0.05, 0.1) is 12.2 Å². The Labute approximate surface area is 110 Å². The zero-order valence-corrected chi connectivity index (χ0v) is 11.8. The van der Waals surface area contributed by atoms with Gasteiger partial charge < -0.3 is 9.84 Å². The summed E-state index contributed by atoms with van der Waals surface area (Å²) in [5, 5.41) is 10.3. The summed E-state index contributed by atoms with van der Waals surface area (Å²) in [6.45, 7) is 8.65. The van der Waals surface area contributed by atoms with Gasteiger partial charge in [0, 0.05) is 0 Å². The zero-order chi connectivity index (χ0) is 13.3. The fourth-order valence-corrected chi connectivity index (χ4v) is 2.46. The normalized spacial score (nSPS) is 26.3. The maximum absolute atomic E-state index is 10.3. The summed E-state index contributed by atoms with van der Waals surface area (Å²) in [4.78, 5) is 0. The molecule has 1 aliphatic heterocycles. The van der Waals surface area contributed by atoms with E-state index in [1.54, 1.807) is 0 Å². The van der Waals surface area contributed by atoms with Crippen molar-refractivity contribution in [2.24, 2.45) is 0 Å². The van der Waals surface area contributed by atoms with Gasteiger partial charge >= 0.3 is 0 Å². The average Bonchev–Trinajstić information content (AvgIpc) is 2.74. The van der Waals surface area contributed by atoms with Crippen molar-refractivity contribution in [3.63, 3.8) is 0 Å². The van der Waals surface area contributed by atoms with E-state index < -0.39 is 6.10 Å². The van der Waals surface area contributed by atoms with Gasteiger partial charge in [-0.3, -0.25) is 0 Å².